The molecule has 1 aromatic heterocycles. The summed E-state index contributed by atoms with van der Waals surface area (Å²) in [5, 5.41) is 0. The Bertz CT molecular complexity index is 528. The maximum Gasteiger partial charge on any atom is 0.338 e. The first-order chi connectivity index (χ1) is 10.0. The van der Waals surface area contributed by atoms with Crippen molar-refractivity contribution in [2.24, 2.45) is 0 Å². The Morgan fingerprint density at radius 2 is 1.86 bits per heavy atom. The molecule has 1 rings (SSSR count). The van der Waals surface area contributed by atoms with Crippen molar-refractivity contribution in [3.8, 4) is 0 Å². The van der Waals surface area contributed by atoms with Gasteiger partial charge in [-0.3, -0.25) is 14.6 Å². The summed E-state index contributed by atoms with van der Waals surface area (Å²) in [6.45, 7) is 0. The van der Waals surface area contributed by atoms with E-state index in [2.05, 4.69) is 14.5 Å². The molecule has 0 saturated heterocycles. The largest absolute Gasteiger partial charge is 0.469 e. The van der Waals surface area contributed by atoms with Gasteiger partial charge in [0.2, 0.25) is 0 Å². The summed E-state index contributed by atoms with van der Waals surface area (Å²) >= 11 is 0. The van der Waals surface area contributed by atoms with Gasteiger partial charge < -0.3 is 14.2 Å². The highest BCUT2D eigenvalue weighted by Gasteiger charge is 2.27. The minimum absolute atomic E-state index is 0.0196. The number of hydrogen-bond acceptors (Lipinski definition) is 7. The van der Waals surface area contributed by atoms with Gasteiger partial charge in [0.1, 0.15) is 0 Å². The molecule has 1 aromatic rings. The summed E-state index contributed by atoms with van der Waals surface area (Å²) in [6, 6.07) is 1.45. The number of esters is 3. The van der Waals surface area contributed by atoms with E-state index in [0.29, 0.717) is 5.56 Å². The number of carbonyl (C=O) groups is 3. The van der Waals surface area contributed by atoms with E-state index in [-0.39, 0.29) is 18.4 Å². The van der Waals surface area contributed by atoms with Gasteiger partial charge in [-0.1, -0.05) is 0 Å². The summed E-state index contributed by atoms with van der Waals surface area (Å²) < 4.78 is 14.0. The fraction of sp³-hybridized carbons (Fsp3) is 0.429. The summed E-state index contributed by atoms with van der Waals surface area (Å²) in [4.78, 5) is 38.8. The van der Waals surface area contributed by atoms with E-state index in [0.717, 1.165) is 0 Å². The lowest BCUT2D eigenvalue weighted by Gasteiger charge is -2.16. The van der Waals surface area contributed by atoms with E-state index in [9.17, 15) is 14.4 Å². The smallest absolute Gasteiger partial charge is 0.338 e. The van der Waals surface area contributed by atoms with E-state index in [1.165, 1.54) is 39.8 Å². The number of rotatable bonds is 6. The van der Waals surface area contributed by atoms with Crippen LogP contribution in [0.25, 0.3) is 0 Å². The summed E-state index contributed by atoms with van der Waals surface area (Å²) in [5.74, 6) is -2.39. The van der Waals surface area contributed by atoms with Gasteiger partial charge in [-0.25, -0.2) is 4.79 Å². The maximum absolute atomic E-state index is 11.9. The van der Waals surface area contributed by atoms with Crippen molar-refractivity contribution in [1.82, 2.24) is 4.98 Å². The highest BCUT2D eigenvalue weighted by molar-refractivity contribution is 5.93. The molecule has 7 nitrogen and oxygen atoms in total. The van der Waals surface area contributed by atoms with Gasteiger partial charge in [0, 0.05) is 18.8 Å². The molecule has 0 aliphatic heterocycles. The van der Waals surface area contributed by atoms with E-state index < -0.39 is 23.8 Å². The van der Waals surface area contributed by atoms with Gasteiger partial charge in [-0.2, -0.15) is 0 Å². The molecule has 0 spiro atoms. The van der Waals surface area contributed by atoms with Gasteiger partial charge in [0.25, 0.3) is 0 Å². The van der Waals surface area contributed by atoms with Crippen LogP contribution in [0.15, 0.2) is 18.5 Å². The predicted molar refractivity (Wildman–Crippen MR) is 71.6 cm³/mol. The van der Waals surface area contributed by atoms with Crippen LogP contribution in [0.4, 0.5) is 0 Å². The third kappa shape index (κ3) is 4.27. The van der Waals surface area contributed by atoms with Crippen molar-refractivity contribution in [2.45, 2.75) is 18.8 Å². The maximum atomic E-state index is 11.9. The molecule has 1 atom stereocenters. The summed E-state index contributed by atoms with van der Waals surface area (Å²) in [6.07, 6.45) is 2.98. The number of hydrogen-bond donors (Lipinski definition) is 0. The zero-order valence-electron chi connectivity index (χ0n) is 12.1. The van der Waals surface area contributed by atoms with Crippen molar-refractivity contribution in [1.29, 1.82) is 0 Å². The van der Waals surface area contributed by atoms with Crippen LogP contribution in [0.5, 0.6) is 0 Å². The number of nitrogens with zero attached hydrogens (tertiary/aromatic N) is 1. The first-order valence-corrected chi connectivity index (χ1v) is 6.22. The Kier molecular flexibility index (Phi) is 6.32. The van der Waals surface area contributed by atoms with E-state index in [1.807, 2.05) is 0 Å². The van der Waals surface area contributed by atoms with Crippen LogP contribution in [0.2, 0.25) is 0 Å². The topological polar surface area (TPSA) is 91.8 Å². The third-order valence-electron chi connectivity index (χ3n) is 2.98. The van der Waals surface area contributed by atoms with Gasteiger partial charge >= 0.3 is 17.9 Å². The highest BCUT2D eigenvalue weighted by Crippen LogP contribution is 2.26. The second-order valence-corrected chi connectivity index (χ2v) is 4.15. The molecule has 0 fully saturated rings. The van der Waals surface area contributed by atoms with Crippen LogP contribution in [-0.2, 0) is 23.8 Å². The molecule has 1 unspecified atom stereocenters. The first kappa shape index (κ1) is 16.6. The molecule has 21 heavy (non-hydrogen) atoms. The zero-order valence-corrected chi connectivity index (χ0v) is 12.1. The summed E-state index contributed by atoms with van der Waals surface area (Å²) in [7, 11) is 3.75. The molecule has 0 aromatic carbocycles. The average Bonchev–Trinajstić information content (AvgIpc) is 2.53. The number of carbonyl (C=O) groups excluding carboxylic acids is 3. The standard InChI is InChI=1S/C14H17NO6/c1-19-12(16)5-4-9(13(17)20-2)11-8-15-7-6-10(11)14(18)21-3/h6-9H,4-5H2,1-3H3. The molecule has 0 amide bonds. The average molecular weight is 295 g/mol. The number of pyridine rings is 1. The third-order valence-corrected chi connectivity index (χ3v) is 2.98. The molecule has 0 N–H and O–H groups in total. The van der Waals surface area contributed by atoms with E-state index in [1.54, 1.807) is 0 Å². The molecule has 1 heterocycles. The molecule has 0 radical (unpaired) electrons. The minimum Gasteiger partial charge on any atom is -0.469 e. The monoisotopic (exact) mass is 295 g/mol. The van der Waals surface area contributed by atoms with Crippen molar-refractivity contribution in [3.05, 3.63) is 29.6 Å². The zero-order chi connectivity index (χ0) is 15.8. The number of methoxy groups -OCH3 is 3. The minimum atomic E-state index is -0.795. The van der Waals surface area contributed by atoms with E-state index >= 15 is 0 Å². The molecular formula is C14H17NO6. The van der Waals surface area contributed by atoms with E-state index in [4.69, 9.17) is 4.74 Å². The van der Waals surface area contributed by atoms with Gasteiger partial charge in [0.05, 0.1) is 32.8 Å². The SMILES string of the molecule is COC(=O)CCC(C(=O)OC)c1cnccc1C(=O)OC. The molecule has 114 valence electrons. The Labute approximate surface area is 122 Å². The molecule has 7 heteroatoms. The Hall–Kier alpha value is -2.44. The van der Waals surface area contributed by atoms with Crippen LogP contribution in [0.3, 0.4) is 0 Å². The quantitative estimate of drug-likeness (QED) is 0.572. The van der Waals surface area contributed by atoms with Crippen molar-refractivity contribution < 1.29 is 28.6 Å². The molecular weight excluding hydrogens is 278 g/mol. The van der Waals surface area contributed by atoms with Crippen molar-refractivity contribution in [3.63, 3.8) is 0 Å². The lowest BCUT2D eigenvalue weighted by molar-refractivity contribution is -0.143. The van der Waals surface area contributed by atoms with Crippen molar-refractivity contribution in [2.75, 3.05) is 21.3 Å². The van der Waals surface area contributed by atoms with Gasteiger partial charge in [-0.15, -0.1) is 0 Å². The molecule has 0 bridgehead atoms. The fourth-order valence-corrected chi connectivity index (χ4v) is 1.89. The van der Waals surface area contributed by atoms with Crippen LogP contribution in [0.1, 0.15) is 34.7 Å². The first-order valence-electron chi connectivity index (χ1n) is 6.22. The van der Waals surface area contributed by atoms with Gasteiger partial charge in [0.15, 0.2) is 0 Å². The van der Waals surface area contributed by atoms with Crippen LogP contribution in [0, 0.1) is 0 Å². The van der Waals surface area contributed by atoms with Crippen LogP contribution >= 0.6 is 0 Å². The second kappa shape index (κ2) is 7.98. The Morgan fingerprint density at radius 3 is 2.43 bits per heavy atom. The normalized spacial score (nSPS) is 11.4. The number of ether oxygens (including phenoxy) is 3. The van der Waals surface area contributed by atoms with Crippen LogP contribution in [-0.4, -0.2) is 44.2 Å². The molecule has 0 saturated carbocycles. The van der Waals surface area contributed by atoms with Gasteiger partial charge in [-0.05, 0) is 18.1 Å². The Morgan fingerprint density at radius 1 is 1.14 bits per heavy atom. The summed E-state index contributed by atoms with van der Waals surface area (Å²) in [5.41, 5.74) is 0.577. The van der Waals surface area contributed by atoms with Crippen LogP contribution < -0.4 is 0 Å². The Balaban J connectivity index is 3.11. The lowest BCUT2D eigenvalue weighted by Crippen LogP contribution is -2.19. The number of aromatic nitrogens is 1. The van der Waals surface area contributed by atoms with Crippen molar-refractivity contribution >= 4 is 17.9 Å². The highest BCUT2D eigenvalue weighted by atomic mass is 16.5. The molecule has 0 aliphatic carbocycles. The molecule has 0 aliphatic rings. The fourth-order valence-electron chi connectivity index (χ4n) is 1.89. The second-order valence-electron chi connectivity index (χ2n) is 4.15. The lowest BCUT2D eigenvalue weighted by atomic mass is 9.92. The predicted octanol–water partition coefficient (Wildman–Crippen LogP) is 1.08.